The molecule has 0 aromatic heterocycles. The molecule has 0 heterocycles. The zero-order valence-electron chi connectivity index (χ0n) is 14.3. The third kappa shape index (κ3) is 5.96. The van der Waals surface area contributed by atoms with E-state index in [-0.39, 0.29) is 30.9 Å². The number of aliphatic hydroxyl groups excluding tert-OH is 1. The number of Topliss-reactive ketones (excluding diaryl/α,β-unsaturated/α-hetero) is 1. The molecule has 1 rings (SSSR count). The smallest absolute Gasteiger partial charge is 0.221 e. The van der Waals surface area contributed by atoms with Crippen molar-refractivity contribution in [1.82, 2.24) is 5.01 Å². The van der Waals surface area contributed by atoms with Crippen molar-refractivity contribution in [2.45, 2.75) is 39.8 Å². The molecule has 1 amide bonds. The number of nitrogens with zero attached hydrogens (tertiary/aromatic N) is 2. The first-order valence-electron chi connectivity index (χ1n) is 7.58. The Kier molecular flexibility index (Phi) is 7.31. The minimum absolute atomic E-state index is 0.0283. The third-order valence-corrected chi connectivity index (χ3v) is 3.21. The molecular formula is C16H23N3O5. The molecule has 8 nitrogen and oxygen atoms in total. The summed E-state index contributed by atoms with van der Waals surface area (Å²) in [7, 11) is 0. The second-order valence-corrected chi connectivity index (χ2v) is 5.71. The van der Waals surface area contributed by atoms with Crippen LogP contribution in [-0.2, 0) is 4.79 Å². The van der Waals surface area contributed by atoms with Crippen LogP contribution in [0.1, 0.15) is 38.1 Å². The molecule has 2 N–H and O–H groups in total. The summed E-state index contributed by atoms with van der Waals surface area (Å²) in [5.41, 5.74) is 0.777. The molecule has 0 saturated carbocycles. The molecule has 132 valence electrons. The zero-order valence-corrected chi connectivity index (χ0v) is 14.3. The fourth-order valence-electron chi connectivity index (χ4n) is 2.01. The van der Waals surface area contributed by atoms with E-state index in [9.17, 15) is 19.6 Å². The summed E-state index contributed by atoms with van der Waals surface area (Å²) < 4.78 is 5.49. The summed E-state index contributed by atoms with van der Waals surface area (Å²) in [6.45, 7) is 6.24. The Hall–Kier alpha value is -2.48. The lowest BCUT2D eigenvalue weighted by Crippen LogP contribution is -2.36. The SMILES string of the molecule is CC(=O)Nc1ccc(OCC(O)CN(N=O)C(C)C)c(C(C)=O)c1. The minimum atomic E-state index is -0.945. The Morgan fingerprint density at radius 2 is 2.00 bits per heavy atom. The van der Waals surface area contributed by atoms with E-state index in [0.29, 0.717) is 17.0 Å². The Labute approximate surface area is 140 Å². The van der Waals surface area contributed by atoms with Gasteiger partial charge in [0, 0.05) is 18.7 Å². The lowest BCUT2D eigenvalue weighted by atomic mass is 10.1. The number of carbonyl (C=O) groups is 2. The number of anilines is 1. The number of ether oxygens (including phenoxy) is 1. The molecule has 1 atom stereocenters. The zero-order chi connectivity index (χ0) is 18.3. The Morgan fingerprint density at radius 3 is 2.50 bits per heavy atom. The first-order valence-corrected chi connectivity index (χ1v) is 7.58. The van der Waals surface area contributed by atoms with Gasteiger partial charge in [0.15, 0.2) is 5.78 Å². The molecular weight excluding hydrogens is 314 g/mol. The number of hydrogen-bond acceptors (Lipinski definition) is 6. The fourth-order valence-corrected chi connectivity index (χ4v) is 2.01. The first-order chi connectivity index (χ1) is 11.2. The van der Waals surface area contributed by atoms with E-state index < -0.39 is 6.10 Å². The molecule has 1 unspecified atom stereocenters. The molecule has 0 fully saturated rings. The van der Waals surface area contributed by atoms with Gasteiger partial charge < -0.3 is 15.2 Å². The highest BCUT2D eigenvalue weighted by molar-refractivity contribution is 5.99. The van der Waals surface area contributed by atoms with Crippen molar-refractivity contribution < 1.29 is 19.4 Å². The number of nitroso groups, excluding NO2 is 1. The van der Waals surface area contributed by atoms with Crippen molar-refractivity contribution in [3.05, 3.63) is 28.7 Å². The molecule has 0 aliphatic rings. The predicted octanol–water partition coefficient (Wildman–Crippen LogP) is 1.98. The Morgan fingerprint density at radius 1 is 1.33 bits per heavy atom. The molecule has 0 aliphatic heterocycles. The second-order valence-electron chi connectivity index (χ2n) is 5.71. The average Bonchev–Trinajstić information content (AvgIpc) is 2.50. The fraction of sp³-hybridized carbons (Fsp3) is 0.500. The normalized spacial score (nSPS) is 11.8. The maximum absolute atomic E-state index is 11.7. The van der Waals surface area contributed by atoms with Crippen molar-refractivity contribution in [1.29, 1.82) is 0 Å². The highest BCUT2D eigenvalue weighted by Gasteiger charge is 2.16. The largest absolute Gasteiger partial charge is 0.490 e. The molecule has 1 aromatic rings. The maximum atomic E-state index is 11.7. The van der Waals surface area contributed by atoms with Gasteiger partial charge in [0.1, 0.15) is 18.5 Å². The van der Waals surface area contributed by atoms with Crippen LogP contribution in [0.2, 0.25) is 0 Å². The van der Waals surface area contributed by atoms with Gasteiger partial charge in [-0.25, -0.2) is 0 Å². The van der Waals surface area contributed by atoms with Gasteiger partial charge in [0.05, 0.1) is 17.4 Å². The average molecular weight is 337 g/mol. The molecule has 0 radical (unpaired) electrons. The van der Waals surface area contributed by atoms with Crippen LogP contribution in [0.15, 0.2) is 23.5 Å². The van der Waals surface area contributed by atoms with Crippen LogP contribution in [0.3, 0.4) is 0 Å². The summed E-state index contributed by atoms with van der Waals surface area (Å²) in [6, 6.07) is 4.52. The van der Waals surface area contributed by atoms with Gasteiger partial charge in [-0.2, -0.15) is 0 Å². The van der Waals surface area contributed by atoms with Crippen LogP contribution in [0.5, 0.6) is 5.75 Å². The van der Waals surface area contributed by atoms with Crippen LogP contribution < -0.4 is 10.1 Å². The predicted molar refractivity (Wildman–Crippen MR) is 89.9 cm³/mol. The van der Waals surface area contributed by atoms with Gasteiger partial charge in [-0.3, -0.25) is 14.6 Å². The Balaban J connectivity index is 2.78. The van der Waals surface area contributed by atoms with E-state index in [4.69, 9.17) is 4.74 Å². The molecule has 0 saturated heterocycles. The summed E-state index contributed by atoms with van der Waals surface area (Å²) in [4.78, 5) is 33.5. The monoisotopic (exact) mass is 337 g/mol. The standard InChI is InChI=1S/C16H23N3O5/c1-10(2)19(18-23)8-14(22)9-24-16-6-5-13(17-12(4)21)7-15(16)11(3)20/h5-7,10,14,22H,8-9H2,1-4H3,(H,17,21). The number of benzene rings is 1. The van der Waals surface area contributed by atoms with E-state index in [1.54, 1.807) is 26.0 Å². The van der Waals surface area contributed by atoms with Gasteiger partial charge in [-0.05, 0) is 39.0 Å². The van der Waals surface area contributed by atoms with Crippen LogP contribution in [-0.4, -0.2) is 47.1 Å². The topological polar surface area (TPSA) is 108 Å². The molecule has 1 aromatic carbocycles. The van der Waals surface area contributed by atoms with Crippen molar-refractivity contribution in [2.24, 2.45) is 5.29 Å². The van der Waals surface area contributed by atoms with Gasteiger partial charge >= 0.3 is 0 Å². The summed E-state index contributed by atoms with van der Waals surface area (Å²) >= 11 is 0. The number of amides is 1. The van der Waals surface area contributed by atoms with Gasteiger partial charge in [0.2, 0.25) is 5.91 Å². The van der Waals surface area contributed by atoms with Crippen LogP contribution in [0, 0.1) is 4.91 Å². The number of ketones is 1. The van der Waals surface area contributed by atoms with E-state index in [0.717, 1.165) is 0 Å². The van der Waals surface area contributed by atoms with Crippen molar-refractivity contribution in [3.8, 4) is 5.75 Å². The molecule has 0 bridgehead atoms. The van der Waals surface area contributed by atoms with Gasteiger partial charge in [-0.1, -0.05) is 0 Å². The first kappa shape index (κ1) is 19.6. The maximum Gasteiger partial charge on any atom is 0.221 e. The van der Waals surface area contributed by atoms with E-state index >= 15 is 0 Å². The molecule has 8 heteroatoms. The quantitative estimate of drug-likeness (QED) is 0.405. The number of carbonyl (C=O) groups excluding carboxylic acids is 2. The minimum Gasteiger partial charge on any atom is -0.490 e. The number of hydrogen-bond donors (Lipinski definition) is 2. The highest BCUT2D eigenvalue weighted by Crippen LogP contribution is 2.24. The van der Waals surface area contributed by atoms with Crippen molar-refractivity contribution in [3.63, 3.8) is 0 Å². The number of aliphatic hydroxyl groups is 1. The summed E-state index contributed by atoms with van der Waals surface area (Å²) in [5.74, 6) is -0.181. The number of nitrogens with one attached hydrogen (secondary N) is 1. The van der Waals surface area contributed by atoms with E-state index in [2.05, 4.69) is 10.6 Å². The van der Waals surface area contributed by atoms with Crippen molar-refractivity contribution in [2.75, 3.05) is 18.5 Å². The van der Waals surface area contributed by atoms with Crippen LogP contribution >= 0.6 is 0 Å². The molecule has 24 heavy (non-hydrogen) atoms. The van der Waals surface area contributed by atoms with Gasteiger partial charge in [-0.15, -0.1) is 4.91 Å². The second kappa shape index (κ2) is 8.97. The number of rotatable bonds is 9. The van der Waals surface area contributed by atoms with E-state index in [1.165, 1.54) is 24.9 Å². The van der Waals surface area contributed by atoms with Crippen LogP contribution in [0.25, 0.3) is 0 Å². The lowest BCUT2D eigenvalue weighted by molar-refractivity contribution is -0.114. The third-order valence-electron chi connectivity index (χ3n) is 3.21. The lowest BCUT2D eigenvalue weighted by Gasteiger charge is -2.22. The molecule has 0 spiro atoms. The van der Waals surface area contributed by atoms with Crippen molar-refractivity contribution >= 4 is 17.4 Å². The van der Waals surface area contributed by atoms with Gasteiger partial charge in [0.25, 0.3) is 0 Å². The van der Waals surface area contributed by atoms with Crippen LogP contribution in [0.4, 0.5) is 5.69 Å². The van der Waals surface area contributed by atoms with E-state index in [1.807, 2.05) is 0 Å². The highest BCUT2D eigenvalue weighted by atomic mass is 16.5. The summed E-state index contributed by atoms with van der Waals surface area (Å²) in [5, 5.41) is 16.6. The summed E-state index contributed by atoms with van der Waals surface area (Å²) in [6.07, 6.45) is -0.945. The molecule has 0 aliphatic carbocycles. The Bertz CT molecular complexity index is 603.